The zero-order valence-corrected chi connectivity index (χ0v) is 16.5. The summed E-state index contributed by atoms with van der Waals surface area (Å²) in [6.07, 6.45) is 6.11. The molecule has 0 fully saturated rings. The highest BCUT2D eigenvalue weighted by molar-refractivity contribution is 14.1. The zero-order chi connectivity index (χ0) is 16.6. The molecule has 0 aliphatic carbocycles. The second-order valence-corrected chi connectivity index (χ2v) is 6.31. The molecule has 0 rings (SSSR count). The van der Waals surface area contributed by atoms with Gasteiger partial charge in [-0.15, -0.1) is 0 Å². The monoisotopic (exact) mass is 428 g/mol. The molecule has 0 aliphatic heterocycles. The molecule has 0 spiro atoms. The van der Waals surface area contributed by atoms with Crippen molar-refractivity contribution in [2.45, 2.75) is 77.6 Å². The number of aldehydes is 1. The highest BCUT2D eigenvalue weighted by atomic mass is 127. The maximum Gasteiger partial charge on any atom is 0.151 e. The molecule has 0 radical (unpaired) electrons. The number of hydrogen-bond donors (Lipinski definition) is 0. The molecule has 0 N–H and O–H groups in total. The van der Waals surface area contributed by atoms with Crippen LogP contribution in [0, 0.1) is 0 Å². The van der Waals surface area contributed by atoms with Crippen LogP contribution in [0.25, 0.3) is 0 Å². The Bertz CT molecular complexity index is 251. The lowest BCUT2D eigenvalue weighted by atomic mass is 10.1. The number of carbonyl (C=O) groups excluding carboxylic acids is 1. The topological polar surface area (TPSA) is 44.8 Å². The standard InChI is InChI=1S/C17H33IO4/c1-4-7-10-20-15(13-18)17(22-12-9-6-3)16(14-19)21-11-8-5-2/h14-17H,4-13H2,1-3H3/t15-,16+,17-/m1/s1. The van der Waals surface area contributed by atoms with Crippen molar-refractivity contribution in [3.05, 3.63) is 0 Å². The minimum absolute atomic E-state index is 0.0965. The largest absolute Gasteiger partial charge is 0.375 e. The third-order valence-electron chi connectivity index (χ3n) is 3.42. The summed E-state index contributed by atoms with van der Waals surface area (Å²) < 4.78 is 18.4. The Labute approximate surface area is 149 Å². The van der Waals surface area contributed by atoms with Gasteiger partial charge < -0.3 is 19.0 Å². The van der Waals surface area contributed by atoms with E-state index in [4.69, 9.17) is 14.2 Å². The number of rotatable bonds is 16. The number of unbranched alkanes of at least 4 members (excludes halogenated alkanes) is 3. The van der Waals surface area contributed by atoms with Crippen LogP contribution in [0.1, 0.15) is 59.3 Å². The average molecular weight is 428 g/mol. The minimum atomic E-state index is -0.537. The fraction of sp³-hybridized carbons (Fsp3) is 0.941. The maximum absolute atomic E-state index is 11.5. The van der Waals surface area contributed by atoms with Gasteiger partial charge >= 0.3 is 0 Å². The summed E-state index contributed by atoms with van der Waals surface area (Å²) in [4.78, 5) is 11.5. The van der Waals surface area contributed by atoms with Gasteiger partial charge in [-0.2, -0.15) is 0 Å². The molecule has 22 heavy (non-hydrogen) atoms. The number of carbonyl (C=O) groups is 1. The van der Waals surface area contributed by atoms with Gasteiger partial charge in [0, 0.05) is 24.2 Å². The molecule has 0 aliphatic rings. The summed E-state index contributed by atoms with van der Waals surface area (Å²) in [7, 11) is 0. The lowest BCUT2D eigenvalue weighted by Crippen LogP contribution is -2.45. The Hall–Kier alpha value is 0.280. The molecule has 0 bridgehead atoms. The molecular formula is C17H33IO4. The second-order valence-electron chi connectivity index (χ2n) is 5.43. The zero-order valence-electron chi connectivity index (χ0n) is 14.4. The summed E-state index contributed by atoms with van der Waals surface area (Å²) in [5, 5.41) is 0. The van der Waals surface area contributed by atoms with Crippen LogP contribution in [-0.4, -0.2) is 48.8 Å². The summed E-state index contributed by atoms with van der Waals surface area (Å²) in [5.41, 5.74) is 0. The first-order valence-electron chi connectivity index (χ1n) is 8.61. The SMILES string of the molecule is CCCCO[C@@H]([C@H](C=O)OCCCC)[C@@H](CI)OCCCC. The van der Waals surface area contributed by atoms with Crippen molar-refractivity contribution in [1.82, 2.24) is 0 Å². The summed E-state index contributed by atoms with van der Waals surface area (Å²) in [6.45, 7) is 8.32. The first-order valence-corrected chi connectivity index (χ1v) is 10.1. The van der Waals surface area contributed by atoms with E-state index in [1.54, 1.807) is 0 Å². The van der Waals surface area contributed by atoms with Crippen molar-refractivity contribution < 1.29 is 19.0 Å². The highest BCUT2D eigenvalue weighted by Crippen LogP contribution is 2.16. The predicted octanol–water partition coefficient (Wildman–Crippen LogP) is 4.18. The van der Waals surface area contributed by atoms with Crippen LogP contribution in [0.5, 0.6) is 0 Å². The van der Waals surface area contributed by atoms with Crippen LogP contribution in [0.3, 0.4) is 0 Å². The van der Waals surface area contributed by atoms with E-state index < -0.39 is 6.10 Å². The van der Waals surface area contributed by atoms with Gasteiger partial charge in [0.25, 0.3) is 0 Å². The van der Waals surface area contributed by atoms with Crippen molar-refractivity contribution in [1.29, 1.82) is 0 Å². The Morgan fingerprint density at radius 2 is 1.36 bits per heavy atom. The second kappa shape index (κ2) is 16.1. The molecule has 0 aromatic heterocycles. The fourth-order valence-corrected chi connectivity index (χ4v) is 2.71. The first-order chi connectivity index (χ1) is 10.7. The third-order valence-corrected chi connectivity index (χ3v) is 4.29. The lowest BCUT2D eigenvalue weighted by molar-refractivity contribution is -0.148. The van der Waals surface area contributed by atoms with E-state index in [0.717, 1.165) is 49.2 Å². The van der Waals surface area contributed by atoms with E-state index in [-0.39, 0.29) is 12.2 Å². The Balaban J connectivity index is 4.66. The Kier molecular flexibility index (Phi) is 16.4. The van der Waals surface area contributed by atoms with E-state index >= 15 is 0 Å². The van der Waals surface area contributed by atoms with Gasteiger partial charge in [-0.3, -0.25) is 0 Å². The van der Waals surface area contributed by atoms with Gasteiger partial charge in [0.05, 0.1) is 6.10 Å². The van der Waals surface area contributed by atoms with Crippen LogP contribution in [0.2, 0.25) is 0 Å². The van der Waals surface area contributed by atoms with E-state index in [2.05, 4.69) is 43.4 Å². The molecule has 132 valence electrons. The molecule has 3 atom stereocenters. The average Bonchev–Trinajstić information content (AvgIpc) is 2.54. The van der Waals surface area contributed by atoms with E-state index in [0.29, 0.717) is 19.8 Å². The van der Waals surface area contributed by atoms with Gasteiger partial charge in [0.1, 0.15) is 12.2 Å². The van der Waals surface area contributed by atoms with Crippen molar-refractivity contribution >= 4 is 28.9 Å². The molecule has 0 amide bonds. The fourth-order valence-electron chi connectivity index (χ4n) is 1.96. The minimum Gasteiger partial charge on any atom is -0.375 e. The van der Waals surface area contributed by atoms with Gasteiger partial charge in [-0.1, -0.05) is 62.6 Å². The normalized spacial score (nSPS) is 15.5. The van der Waals surface area contributed by atoms with E-state index in [1.165, 1.54) is 0 Å². The third kappa shape index (κ3) is 10.1. The molecule has 4 nitrogen and oxygen atoms in total. The summed E-state index contributed by atoms with van der Waals surface area (Å²) >= 11 is 2.30. The predicted molar refractivity (Wildman–Crippen MR) is 98.9 cm³/mol. The van der Waals surface area contributed by atoms with Crippen LogP contribution < -0.4 is 0 Å². The molecule has 0 unspecified atom stereocenters. The smallest absolute Gasteiger partial charge is 0.151 e. The van der Waals surface area contributed by atoms with Crippen LogP contribution in [0.4, 0.5) is 0 Å². The van der Waals surface area contributed by atoms with Crippen molar-refractivity contribution in [3.63, 3.8) is 0 Å². The van der Waals surface area contributed by atoms with Crippen molar-refractivity contribution in [3.8, 4) is 0 Å². The molecule has 0 saturated carbocycles. The molecule has 0 saturated heterocycles. The van der Waals surface area contributed by atoms with Gasteiger partial charge in [0.15, 0.2) is 6.29 Å². The summed E-state index contributed by atoms with van der Waals surface area (Å²) in [5.74, 6) is 0. The first kappa shape index (κ1) is 22.3. The Morgan fingerprint density at radius 1 is 0.864 bits per heavy atom. The number of alkyl halides is 1. The molecule has 0 heterocycles. The van der Waals surface area contributed by atoms with Gasteiger partial charge in [0.2, 0.25) is 0 Å². The van der Waals surface area contributed by atoms with E-state index in [9.17, 15) is 4.79 Å². The molecular weight excluding hydrogens is 395 g/mol. The number of ether oxygens (including phenoxy) is 3. The molecule has 5 heteroatoms. The van der Waals surface area contributed by atoms with Crippen molar-refractivity contribution in [2.75, 3.05) is 24.2 Å². The highest BCUT2D eigenvalue weighted by Gasteiger charge is 2.31. The van der Waals surface area contributed by atoms with E-state index in [1.807, 2.05) is 0 Å². The quantitative estimate of drug-likeness (QED) is 0.160. The lowest BCUT2D eigenvalue weighted by Gasteiger charge is -2.30. The van der Waals surface area contributed by atoms with Crippen LogP contribution in [0.15, 0.2) is 0 Å². The summed E-state index contributed by atoms with van der Waals surface area (Å²) in [6, 6.07) is 0. The molecule has 0 aromatic carbocycles. The van der Waals surface area contributed by atoms with Gasteiger partial charge in [-0.25, -0.2) is 0 Å². The molecule has 0 aromatic rings. The number of halogens is 1. The Morgan fingerprint density at radius 3 is 1.82 bits per heavy atom. The van der Waals surface area contributed by atoms with Crippen molar-refractivity contribution in [2.24, 2.45) is 0 Å². The number of hydrogen-bond acceptors (Lipinski definition) is 4. The van der Waals surface area contributed by atoms with Crippen LogP contribution >= 0.6 is 22.6 Å². The maximum atomic E-state index is 11.5. The van der Waals surface area contributed by atoms with Crippen LogP contribution in [-0.2, 0) is 19.0 Å². The van der Waals surface area contributed by atoms with Gasteiger partial charge in [-0.05, 0) is 19.3 Å².